The predicted molar refractivity (Wildman–Crippen MR) is 71.9 cm³/mol. The Morgan fingerprint density at radius 1 is 1.50 bits per heavy atom. The topological polar surface area (TPSA) is 62.5 Å². The molecule has 0 saturated carbocycles. The lowest BCUT2D eigenvalue weighted by molar-refractivity contribution is 0.0696. The molecule has 0 aliphatic carbocycles. The minimum atomic E-state index is -0.983. The summed E-state index contributed by atoms with van der Waals surface area (Å²) in [6, 6.07) is 7.38. The van der Waals surface area contributed by atoms with Crippen LogP contribution >= 0.6 is 15.9 Å². The van der Waals surface area contributed by atoms with Crippen LogP contribution in [0, 0.1) is 6.92 Å². The van der Waals surface area contributed by atoms with Crippen molar-refractivity contribution in [1.29, 1.82) is 0 Å². The first-order chi connectivity index (χ1) is 8.58. The summed E-state index contributed by atoms with van der Waals surface area (Å²) in [5, 5.41) is 12.0. The molecule has 1 heterocycles. The highest BCUT2D eigenvalue weighted by atomic mass is 79.9. The van der Waals surface area contributed by atoms with Gasteiger partial charge in [0.2, 0.25) is 0 Å². The molecule has 0 atom stereocenters. The molecule has 0 aliphatic rings. The maximum absolute atomic E-state index is 10.7. The first-order valence-electron chi connectivity index (χ1n) is 5.37. The summed E-state index contributed by atoms with van der Waals surface area (Å²) in [6.45, 7) is 2.45. The number of carboxylic acids is 1. The number of hydrogen-bond donors (Lipinski definition) is 2. The third-order valence-corrected chi connectivity index (χ3v) is 3.48. The van der Waals surface area contributed by atoms with Crippen molar-refractivity contribution in [3.8, 4) is 0 Å². The molecule has 0 unspecified atom stereocenters. The van der Waals surface area contributed by atoms with Gasteiger partial charge < -0.3 is 14.8 Å². The molecule has 0 aliphatic heterocycles. The third kappa shape index (κ3) is 2.73. The molecule has 0 saturated heterocycles. The lowest BCUT2D eigenvalue weighted by Gasteiger charge is -2.09. The molecule has 94 valence electrons. The summed E-state index contributed by atoms with van der Waals surface area (Å²) in [5.41, 5.74) is 2.25. The monoisotopic (exact) mass is 309 g/mol. The van der Waals surface area contributed by atoms with E-state index in [1.807, 2.05) is 25.1 Å². The summed E-state index contributed by atoms with van der Waals surface area (Å²) >= 11 is 3.45. The van der Waals surface area contributed by atoms with Crippen LogP contribution < -0.4 is 5.32 Å². The van der Waals surface area contributed by atoms with E-state index in [0.29, 0.717) is 12.3 Å². The summed E-state index contributed by atoms with van der Waals surface area (Å²) in [4.78, 5) is 10.7. The van der Waals surface area contributed by atoms with Gasteiger partial charge in [-0.1, -0.05) is 22.0 Å². The number of aromatic carboxylic acids is 1. The fourth-order valence-electron chi connectivity index (χ4n) is 1.57. The first-order valence-corrected chi connectivity index (χ1v) is 6.17. The van der Waals surface area contributed by atoms with Crippen LogP contribution in [0.1, 0.15) is 21.7 Å². The highest BCUT2D eigenvalue weighted by Gasteiger charge is 2.08. The number of rotatable bonds is 4. The molecular formula is C13H12BrNO3. The largest absolute Gasteiger partial charge is 0.478 e. The second-order valence-corrected chi connectivity index (χ2v) is 4.73. The average molecular weight is 310 g/mol. The van der Waals surface area contributed by atoms with Crippen LogP contribution in [0.4, 0.5) is 5.69 Å². The van der Waals surface area contributed by atoms with Crippen molar-refractivity contribution in [2.45, 2.75) is 13.5 Å². The Morgan fingerprint density at radius 2 is 2.28 bits per heavy atom. The van der Waals surface area contributed by atoms with Crippen molar-refractivity contribution in [2.24, 2.45) is 0 Å². The Balaban J connectivity index is 2.07. The van der Waals surface area contributed by atoms with Gasteiger partial charge >= 0.3 is 5.97 Å². The number of nitrogens with one attached hydrogen (secondary N) is 1. The maximum atomic E-state index is 10.7. The molecule has 0 fully saturated rings. The van der Waals surface area contributed by atoms with E-state index in [0.717, 1.165) is 15.7 Å². The molecule has 0 spiro atoms. The SMILES string of the molecule is Cc1c(Br)cccc1NCc1cc(C(=O)O)co1. The lowest BCUT2D eigenvalue weighted by Crippen LogP contribution is -2.00. The van der Waals surface area contributed by atoms with E-state index in [1.165, 1.54) is 12.3 Å². The molecule has 0 amide bonds. The van der Waals surface area contributed by atoms with Gasteiger partial charge in [0, 0.05) is 10.2 Å². The highest BCUT2D eigenvalue weighted by molar-refractivity contribution is 9.10. The molecule has 0 bridgehead atoms. The fraction of sp³-hybridized carbons (Fsp3) is 0.154. The van der Waals surface area contributed by atoms with Gasteiger partial charge in [0.05, 0.1) is 12.1 Å². The molecule has 0 radical (unpaired) electrons. The van der Waals surface area contributed by atoms with Crippen LogP contribution in [-0.2, 0) is 6.54 Å². The number of hydrogen-bond acceptors (Lipinski definition) is 3. The number of anilines is 1. The third-order valence-electron chi connectivity index (χ3n) is 2.62. The minimum absolute atomic E-state index is 0.165. The van der Waals surface area contributed by atoms with Crippen LogP contribution in [0.2, 0.25) is 0 Å². The van der Waals surface area contributed by atoms with Gasteiger partial charge in [-0.25, -0.2) is 4.79 Å². The zero-order chi connectivity index (χ0) is 13.1. The molecule has 1 aromatic heterocycles. The predicted octanol–water partition coefficient (Wildman–Crippen LogP) is 3.66. The number of furan rings is 1. The van der Waals surface area contributed by atoms with Crippen molar-refractivity contribution in [2.75, 3.05) is 5.32 Å². The first kappa shape index (κ1) is 12.7. The van der Waals surface area contributed by atoms with E-state index in [9.17, 15) is 4.79 Å². The van der Waals surface area contributed by atoms with Crippen LogP contribution in [0.5, 0.6) is 0 Å². The molecule has 18 heavy (non-hydrogen) atoms. The maximum Gasteiger partial charge on any atom is 0.338 e. The molecule has 5 heteroatoms. The van der Waals surface area contributed by atoms with E-state index in [2.05, 4.69) is 21.2 Å². The van der Waals surface area contributed by atoms with Crippen LogP contribution in [0.15, 0.2) is 39.4 Å². The normalized spacial score (nSPS) is 10.3. The smallest absolute Gasteiger partial charge is 0.338 e. The Morgan fingerprint density at radius 3 is 2.94 bits per heavy atom. The van der Waals surface area contributed by atoms with Crippen LogP contribution in [0.25, 0.3) is 0 Å². The summed E-state index contributed by atoms with van der Waals surface area (Å²) in [6.07, 6.45) is 1.24. The second kappa shape index (κ2) is 5.27. The van der Waals surface area contributed by atoms with Crippen molar-refractivity contribution in [3.05, 3.63) is 51.9 Å². The Labute approximate surface area is 113 Å². The van der Waals surface area contributed by atoms with Gasteiger partial charge in [-0.15, -0.1) is 0 Å². The molecule has 2 rings (SSSR count). The Kier molecular flexibility index (Phi) is 3.72. The van der Waals surface area contributed by atoms with E-state index in [4.69, 9.17) is 9.52 Å². The molecular weight excluding hydrogens is 298 g/mol. The van der Waals surface area contributed by atoms with E-state index in [1.54, 1.807) is 0 Å². The molecule has 2 aromatic rings. The second-order valence-electron chi connectivity index (χ2n) is 3.87. The van der Waals surface area contributed by atoms with Gasteiger partial charge in [0.15, 0.2) is 0 Å². The van der Waals surface area contributed by atoms with Gasteiger partial charge in [-0.3, -0.25) is 0 Å². The molecule has 2 N–H and O–H groups in total. The van der Waals surface area contributed by atoms with Gasteiger partial charge in [0.25, 0.3) is 0 Å². The minimum Gasteiger partial charge on any atom is -0.478 e. The lowest BCUT2D eigenvalue weighted by atomic mass is 10.2. The van der Waals surface area contributed by atoms with Crippen LogP contribution in [-0.4, -0.2) is 11.1 Å². The summed E-state index contributed by atoms with van der Waals surface area (Å²) in [5.74, 6) is -0.393. The Bertz CT molecular complexity index is 577. The van der Waals surface area contributed by atoms with Crippen molar-refractivity contribution in [3.63, 3.8) is 0 Å². The number of carboxylic acid groups (broad SMARTS) is 1. The summed E-state index contributed by atoms with van der Waals surface area (Å²) < 4.78 is 6.19. The Hall–Kier alpha value is -1.75. The van der Waals surface area contributed by atoms with Gasteiger partial charge in [-0.2, -0.15) is 0 Å². The quantitative estimate of drug-likeness (QED) is 0.904. The fourth-order valence-corrected chi connectivity index (χ4v) is 1.93. The van der Waals surface area contributed by atoms with Gasteiger partial charge in [-0.05, 0) is 30.7 Å². The summed E-state index contributed by atoms with van der Waals surface area (Å²) in [7, 11) is 0. The number of benzene rings is 1. The van der Waals surface area contributed by atoms with Crippen LogP contribution in [0.3, 0.4) is 0 Å². The van der Waals surface area contributed by atoms with E-state index >= 15 is 0 Å². The standard InChI is InChI=1S/C13H12BrNO3/c1-8-11(14)3-2-4-12(8)15-6-10-5-9(7-18-10)13(16)17/h2-5,7,15H,6H2,1H3,(H,16,17). The number of halogens is 1. The van der Waals surface area contributed by atoms with Crippen molar-refractivity contribution < 1.29 is 14.3 Å². The van der Waals surface area contributed by atoms with E-state index in [-0.39, 0.29) is 5.56 Å². The van der Waals surface area contributed by atoms with E-state index < -0.39 is 5.97 Å². The highest BCUT2D eigenvalue weighted by Crippen LogP contribution is 2.24. The number of carbonyl (C=O) groups is 1. The molecule has 1 aromatic carbocycles. The zero-order valence-corrected chi connectivity index (χ0v) is 11.3. The average Bonchev–Trinajstić information content (AvgIpc) is 2.80. The van der Waals surface area contributed by atoms with Crippen molar-refractivity contribution in [1.82, 2.24) is 0 Å². The van der Waals surface area contributed by atoms with Crippen molar-refractivity contribution >= 4 is 27.6 Å². The van der Waals surface area contributed by atoms with Gasteiger partial charge in [0.1, 0.15) is 12.0 Å². The zero-order valence-electron chi connectivity index (χ0n) is 9.74. The molecule has 4 nitrogen and oxygen atoms in total.